The van der Waals surface area contributed by atoms with Gasteiger partial charge in [-0.25, -0.2) is 0 Å². The zero-order valence-electron chi connectivity index (χ0n) is 20.0. The van der Waals surface area contributed by atoms with Crippen molar-refractivity contribution < 1.29 is 24.2 Å². The van der Waals surface area contributed by atoms with Gasteiger partial charge in [-0.3, -0.25) is 14.4 Å². The van der Waals surface area contributed by atoms with Crippen LogP contribution in [0, 0.1) is 5.41 Å². The zero-order valence-corrected chi connectivity index (χ0v) is 20.0. The first-order chi connectivity index (χ1) is 15.9. The van der Waals surface area contributed by atoms with Gasteiger partial charge in [0.05, 0.1) is 11.1 Å². The van der Waals surface area contributed by atoms with Gasteiger partial charge in [0, 0.05) is 23.9 Å². The molecule has 1 aromatic rings. The SMILES string of the molecule is C=CC(C)(C)[C@]1(CC2NC(=O)[C@@]3(O)CCCN3C2=O)C(=O)Nc2c1ccc1c2C=CC(C)(C)O1. The Morgan fingerprint density at radius 3 is 2.71 bits per heavy atom. The molecule has 5 rings (SSSR count). The lowest BCUT2D eigenvalue weighted by molar-refractivity contribution is -0.178. The first kappa shape index (κ1) is 22.7. The molecule has 0 aromatic heterocycles. The first-order valence-electron chi connectivity index (χ1n) is 11.7. The van der Waals surface area contributed by atoms with Gasteiger partial charge in [0.15, 0.2) is 0 Å². The minimum atomic E-state index is -1.81. The van der Waals surface area contributed by atoms with E-state index in [4.69, 9.17) is 4.74 Å². The summed E-state index contributed by atoms with van der Waals surface area (Å²) in [5.74, 6) is -0.557. The summed E-state index contributed by atoms with van der Waals surface area (Å²) in [6.07, 6.45) is 6.41. The topological polar surface area (TPSA) is 108 Å². The van der Waals surface area contributed by atoms with Gasteiger partial charge in [0.25, 0.3) is 5.91 Å². The molecule has 8 nitrogen and oxygen atoms in total. The number of amides is 3. The van der Waals surface area contributed by atoms with E-state index in [0.717, 1.165) is 11.1 Å². The maximum atomic E-state index is 13.8. The van der Waals surface area contributed by atoms with Crippen LogP contribution in [0.15, 0.2) is 30.9 Å². The van der Waals surface area contributed by atoms with E-state index in [9.17, 15) is 19.5 Å². The van der Waals surface area contributed by atoms with Crippen molar-refractivity contribution in [3.8, 4) is 5.75 Å². The number of nitrogens with one attached hydrogen (secondary N) is 2. The molecule has 34 heavy (non-hydrogen) atoms. The summed E-state index contributed by atoms with van der Waals surface area (Å²) in [5, 5.41) is 16.5. The Bertz CT molecular complexity index is 1170. The van der Waals surface area contributed by atoms with Crippen LogP contribution in [0.1, 0.15) is 58.1 Å². The fourth-order valence-electron chi connectivity index (χ4n) is 5.87. The molecule has 0 bridgehead atoms. The van der Waals surface area contributed by atoms with Gasteiger partial charge in [-0.1, -0.05) is 26.0 Å². The molecule has 1 unspecified atom stereocenters. The van der Waals surface area contributed by atoms with Crippen LogP contribution in [-0.4, -0.2) is 51.6 Å². The number of carbonyl (C=O) groups excluding carboxylic acids is 3. The van der Waals surface area contributed by atoms with Crippen molar-refractivity contribution in [2.45, 2.75) is 69.7 Å². The second-order valence-electron chi connectivity index (χ2n) is 10.9. The maximum Gasteiger partial charge on any atom is 0.274 e. The van der Waals surface area contributed by atoms with E-state index in [2.05, 4.69) is 17.2 Å². The number of benzene rings is 1. The van der Waals surface area contributed by atoms with Crippen molar-refractivity contribution >= 4 is 29.5 Å². The van der Waals surface area contributed by atoms with Crippen molar-refractivity contribution in [2.75, 3.05) is 11.9 Å². The molecule has 2 saturated heterocycles. The Balaban J connectivity index is 1.62. The predicted molar refractivity (Wildman–Crippen MR) is 127 cm³/mol. The molecular weight excluding hydrogens is 434 g/mol. The molecule has 0 spiro atoms. The smallest absolute Gasteiger partial charge is 0.274 e. The Labute approximate surface area is 199 Å². The third kappa shape index (κ3) is 2.84. The number of aliphatic hydroxyl groups is 1. The number of hydrogen-bond donors (Lipinski definition) is 3. The third-order valence-corrected chi connectivity index (χ3v) is 8.02. The van der Waals surface area contributed by atoms with Crippen LogP contribution < -0.4 is 15.4 Å². The van der Waals surface area contributed by atoms with Gasteiger partial charge in [0.2, 0.25) is 17.5 Å². The average molecular weight is 466 g/mol. The summed E-state index contributed by atoms with van der Waals surface area (Å²) in [6.45, 7) is 12.0. The van der Waals surface area contributed by atoms with Crippen molar-refractivity contribution in [1.82, 2.24) is 10.2 Å². The van der Waals surface area contributed by atoms with Gasteiger partial charge in [-0.05, 0) is 50.5 Å². The van der Waals surface area contributed by atoms with Crippen molar-refractivity contribution in [2.24, 2.45) is 5.41 Å². The van der Waals surface area contributed by atoms with Crippen LogP contribution in [0.4, 0.5) is 5.69 Å². The Morgan fingerprint density at radius 1 is 1.26 bits per heavy atom. The molecule has 0 aliphatic carbocycles. The molecule has 0 saturated carbocycles. The first-order valence-corrected chi connectivity index (χ1v) is 11.7. The molecule has 8 heteroatoms. The fourth-order valence-corrected chi connectivity index (χ4v) is 5.87. The molecular formula is C26H31N3O5. The summed E-state index contributed by atoms with van der Waals surface area (Å²) in [4.78, 5) is 41.3. The average Bonchev–Trinajstić information content (AvgIpc) is 3.31. The van der Waals surface area contributed by atoms with Gasteiger partial charge in [0.1, 0.15) is 17.4 Å². The molecule has 4 aliphatic rings. The molecule has 4 aliphatic heterocycles. The highest BCUT2D eigenvalue weighted by Crippen LogP contribution is 2.56. The molecule has 4 heterocycles. The number of anilines is 1. The standard InChI is InChI=1S/C26H31N3O5/c1-6-23(2,3)25(14-17-20(30)29-13-7-11-26(29,33)22(32)27-17)16-8-9-18-15(19(16)28-21(25)31)10-12-24(4,5)34-18/h6,8-10,12,17,33H,1,7,11,13-14H2,2-5H3,(H,27,32)(H,28,31)/t17?,25-,26-/m0/s1. The number of ether oxygens (including phenoxy) is 1. The minimum absolute atomic E-state index is 0.0385. The number of carbonyl (C=O) groups is 3. The Hall–Kier alpha value is -3.13. The second-order valence-corrected chi connectivity index (χ2v) is 10.9. The highest BCUT2D eigenvalue weighted by Gasteiger charge is 2.61. The molecule has 3 amide bonds. The highest BCUT2D eigenvalue weighted by atomic mass is 16.5. The van der Waals surface area contributed by atoms with Crippen molar-refractivity contribution in [1.29, 1.82) is 0 Å². The number of nitrogens with zero attached hydrogens (tertiary/aromatic N) is 1. The number of allylic oxidation sites excluding steroid dienone is 1. The summed E-state index contributed by atoms with van der Waals surface area (Å²) in [6, 6.07) is 2.77. The third-order valence-electron chi connectivity index (χ3n) is 8.02. The van der Waals surface area contributed by atoms with Crippen LogP contribution >= 0.6 is 0 Å². The summed E-state index contributed by atoms with van der Waals surface area (Å²) >= 11 is 0. The molecule has 1 aromatic carbocycles. The van der Waals surface area contributed by atoms with Crippen molar-refractivity contribution in [3.05, 3.63) is 42.0 Å². The van der Waals surface area contributed by atoms with Crippen LogP contribution in [0.5, 0.6) is 5.75 Å². The van der Waals surface area contributed by atoms with E-state index in [1.165, 1.54) is 4.90 Å². The number of rotatable bonds is 4. The molecule has 2 fully saturated rings. The van der Waals surface area contributed by atoms with E-state index in [0.29, 0.717) is 24.4 Å². The monoisotopic (exact) mass is 465 g/mol. The van der Waals surface area contributed by atoms with Gasteiger partial charge in [-0.2, -0.15) is 0 Å². The van der Waals surface area contributed by atoms with Gasteiger partial charge < -0.3 is 25.4 Å². The number of fused-ring (bicyclic) bond motifs is 4. The summed E-state index contributed by atoms with van der Waals surface area (Å²) in [5.41, 5.74) is -2.05. The van der Waals surface area contributed by atoms with E-state index >= 15 is 0 Å². The van der Waals surface area contributed by atoms with E-state index in [-0.39, 0.29) is 24.7 Å². The van der Waals surface area contributed by atoms with E-state index in [1.807, 2.05) is 52.0 Å². The Morgan fingerprint density at radius 2 is 2.00 bits per heavy atom. The largest absolute Gasteiger partial charge is 0.483 e. The van der Waals surface area contributed by atoms with Crippen LogP contribution in [0.2, 0.25) is 0 Å². The molecule has 0 radical (unpaired) electrons. The zero-order chi connectivity index (χ0) is 24.7. The minimum Gasteiger partial charge on any atom is -0.483 e. The van der Waals surface area contributed by atoms with Crippen molar-refractivity contribution in [3.63, 3.8) is 0 Å². The lowest BCUT2D eigenvalue weighted by Gasteiger charge is -2.46. The Kier molecular flexibility index (Phi) is 4.63. The van der Waals surface area contributed by atoms with Gasteiger partial charge >= 0.3 is 0 Å². The summed E-state index contributed by atoms with van der Waals surface area (Å²) in [7, 11) is 0. The second kappa shape index (κ2) is 6.95. The van der Waals surface area contributed by atoms with Crippen LogP contribution in [0.3, 0.4) is 0 Å². The quantitative estimate of drug-likeness (QED) is 0.592. The molecule has 3 N–H and O–H groups in total. The molecule has 180 valence electrons. The lowest BCUT2D eigenvalue weighted by atomic mass is 9.59. The normalized spacial score (nSPS) is 31.3. The number of piperazine rings is 1. The maximum absolute atomic E-state index is 13.8. The lowest BCUT2D eigenvalue weighted by Crippen LogP contribution is -2.69. The van der Waals surface area contributed by atoms with Crippen LogP contribution in [-0.2, 0) is 19.8 Å². The fraction of sp³-hybridized carbons (Fsp3) is 0.500. The van der Waals surface area contributed by atoms with E-state index in [1.54, 1.807) is 6.08 Å². The summed E-state index contributed by atoms with van der Waals surface area (Å²) < 4.78 is 6.10. The number of hydrogen-bond acceptors (Lipinski definition) is 5. The highest BCUT2D eigenvalue weighted by molar-refractivity contribution is 6.10. The van der Waals surface area contributed by atoms with Gasteiger partial charge in [-0.15, -0.1) is 6.58 Å². The molecule has 3 atom stereocenters. The predicted octanol–water partition coefficient (Wildman–Crippen LogP) is 2.47. The van der Waals surface area contributed by atoms with Crippen LogP contribution in [0.25, 0.3) is 6.08 Å². The van der Waals surface area contributed by atoms with E-state index < -0.39 is 34.1 Å².